The molecule has 0 aliphatic carbocycles. The molecule has 9 heteroatoms. The Morgan fingerprint density at radius 3 is 2.37 bits per heavy atom. The maximum Gasteiger partial charge on any atom is 0.347 e. The van der Waals surface area contributed by atoms with Crippen LogP contribution in [-0.4, -0.2) is 42.5 Å². The van der Waals surface area contributed by atoms with Gasteiger partial charge in [-0.15, -0.1) is 11.3 Å². The second kappa shape index (κ2) is 11.3. The number of aliphatic carboxylic acids is 1. The van der Waals surface area contributed by atoms with Gasteiger partial charge in [-0.3, -0.25) is 0 Å². The van der Waals surface area contributed by atoms with Crippen molar-refractivity contribution in [1.29, 1.82) is 0 Å². The van der Waals surface area contributed by atoms with E-state index in [4.69, 9.17) is 4.74 Å². The van der Waals surface area contributed by atoms with Gasteiger partial charge in [0.25, 0.3) is 10.0 Å². The summed E-state index contributed by atoms with van der Waals surface area (Å²) in [5, 5.41) is 9.19. The van der Waals surface area contributed by atoms with Crippen LogP contribution in [-0.2, 0) is 21.2 Å². The fourth-order valence-corrected chi connectivity index (χ4v) is 6.57. The molecule has 188 valence electrons. The highest BCUT2D eigenvalue weighted by atomic mass is 32.2. The van der Waals surface area contributed by atoms with Gasteiger partial charge in [0.2, 0.25) is 0 Å². The van der Waals surface area contributed by atoms with Gasteiger partial charge in [0, 0.05) is 23.5 Å². The molecule has 1 aromatic heterocycles. The maximum absolute atomic E-state index is 14.1. The maximum atomic E-state index is 14.1. The third-order valence-electron chi connectivity index (χ3n) is 5.47. The zero-order valence-corrected chi connectivity index (χ0v) is 21.7. The number of benzene rings is 2. The Kier molecular flexibility index (Phi) is 8.69. The number of carboxylic acids is 1. The molecule has 35 heavy (non-hydrogen) atoms. The van der Waals surface area contributed by atoms with Crippen molar-refractivity contribution in [2.24, 2.45) is 0 Å². The van der Waals surface area contributed by atoms with E-state index in [0.717, 1.165) is 16.9 Å². The summed E-state index contributed by atoms with van der Waals surface area (Å²) in [6, 6.07) is 16.7. The summed E-state index contributed by atoms with van der Waals surface area (Å²) in [4.78, 5) is 11.8. The van der Waals surface area contributed by atoms with Gasteiger partial charge in [-0.2, -0.15) is 4.31 Å². The van der Waals surface area contributed by atoms with E-state index in [-0.39, 0.29) is 10.0 Å². The minimum absolute atomic E-state index is 0.201. The number of carbonyl (C=O) groups is 1. The lowest BCUT2D eigenvalue weighted by molar-refractivity contribution is -0.152. The van der Waals surface area contributed by atoms with Crippen LogP contribution in [0.5, 0.6) is 5.75 Å². The minimum atomic E-state index is -3.70. The van der Waals surface area contributed by atoms with Crippen LogP contribution >= 0.6 is 11.3 Å². The van der Waals surface area contributed by atoms with Crippen molar-refractivity contribution in [3.8, 4) is 16.2 Å². The molecule has 0 radical (unpaired) electrons. The molecule has 3 rings (SSSR count). The summed E-state index contributed by atoms with van der Waals surface area (Å²) in [5.41, 5.74) is 0.0576. The van der Waals surface area contributed by atoms with Gasteiger partial charge in [0.05, 0.1) is 0 Å². The van der Waals surface area contributed by atoms with E-state index in [2.05, 4.69) is 0 Å². The Hall–Kier alpha value is -2.75. The number of hydrogen-bond acceptors (Lipinski definition) is 5. The van der Waals surface area contributed by atoms with E-state index in [1.165, 1.54) is 24.2 Å². The van der Waals surface area contributed by atoms with Crippen LogP contribution in [0.15, 0.2) is 64.9 Å². The van der Waals surface area contributed by atoms with Crippen LogP contribution in [0.1, 0.15) is 39.2 Å². The molecular weight excluding hydrogens is 489 g/mol. The number of ether oxygens (including phenoxy) is 1. The SMILES string of the molecule is CCCN(CCCc1ccc(OC(C)(C)C(=O)O)cc1)S(=O)(=O)c1ccc(-c2ccccc2F)s1. The van der Waals surface area contributed by atoms with Crippen molar-refractivity contribution in [3.05, 3.63) is 72.0 Å². The largest absolute Gasteiger partial charge is 0.478 e. The van der Waals surface area contributed by atoms with Gasteiger partial charge in [-0.05, 0) is 69.0 Å². The Labute approximate surface area is 210 Å². The summed E-state index contributed by atoms with van der Waals surface area (Å²) < 4.78 is 48.0. The average Bonchev–Trinajstić information content (AvgIpc) is 3.30. The molecule has 0 atom stereocenters. The highest BCUT2D eigenvalue weighted by Crippen LogP contribution is 2.33. The van der Waals surface area contributed by atoms with Crippen LogP contribution < -0.4 is 4.74 Å². The van der Waals surface area contributed by atoms with Gasteiger partial charge >= 0.3 is 5.97 Å². The number of hydrogen-bond donors (Lipinski definition) is 1. The van der Waals surface area contributed by atoms with Crippen molar-refractivity contribution < 1.29 is 27.4 Å². The zero-order valence-electron chi connectivity index (χ0n) is 20.0. The monoisotopic (exact) mass is 519 g/mol. The summed E-state index contributed by atoms with van der Waals surface area (Å²) in [7, 11) is -3.70. The lowest BCUT2D eigenvalue weighted by atomic mass is 10.1. The summed E-state index contributed by atoms with van der Waals surface area (Å²) >= 11 is 1.07. The molecule has 6 nitrogen and oxygen atoms in total. The van der Waals surface area contributed by atoms with Crippen LogP contribution in [0.4, 0.5) is 4.39 Å². The molecule has 0 aliphatic heterocycles. The van der Waals surface area contributed by atoms with Gasteiger partial charge in [0.1, 0.15) is 15.8 Å². The smallest absolute Gasteiger partial charge is 0.347 e. The minimum Gasteiger partial charge on any atom is -0.478 e. The molecule has 0 aliphatic rings. The van der Waals surface area contributed by atoms with E-state index in [1.807, 2.05) is 19.1 Å². The van der Waals surface area contributed by atoms with E-state index >= 15 is 0 Å². The molecule has 0 unspecified atom stereocenters. The van der Waals surface area contributed by atoms with Gasteiger partial charge in [0.15, 0.2) is 5.60 Å². The summed E-state index contributed by atoms with van der Waals surface area (Å²) in [6.45, 7) is 5.65. The van der Waals surface area contributed by atoms with E-state index in [0.29, 0.717) is 48.5 Å². The van der Waals surface area contributed by atoms with Crippen LogP contribution in [0.25, 0.3) is 10.4 Å². The van der Waals surface area contributed by atoms with Crippen molar-refractivity contribution in [3.63, 3.8) is 0 Å². The third-order valence-corrected chi connectivity index (χ3v) is 8.96. The normalized spacial score (nSPS) is 12.1. The molecule has 0 fully saturated rings. The third kappa shape index (κ3) is 6.68. The van der Waals surface area contributed by atoms with Gasteiger partial charge in [-0.1, -0.05) is 37.3 Å². The number of nitrogens with zero attached hydrogens (tertiary/aromatic N) is 1. The summed E-state index contributed by atoms with van der Waals surface area (Å²) in [6.07, 6.45) is 1.95. The number of aryl methyl sites for hydroxylation is 1. The Morgan fingerprint density at radius 1 is 1.06 bits per heavy atom. The number of sulfonamides is 1. The topological polar surface area (TPSA) is 83.9 Å². The molecule has 0 amide bonds. The fourth-order valence-electron chi connectivity index (χ4n) is 3.52. The fraction of sp³-hybridized carbons (Fsp3) is 0.346. The number of rotatable bonds is 12. The number of halogens is 1. The highest BCUT2D eigenvalue weighted by molar-refractivity contribution is 7.91. The van der Waals surface area contributed by atoms with Crippen LogP contribution in [0, 0.1) is 5.82 Å². The molecule has 0 saturated carbocycles. The Balaban J connectivity index is 1.65. The predicted octanol–water partition coefficient (Wildman–Crippen LogP) is 5.83. The average molecular weight is 520 g/mol. The molecule has 3 aromatic rings. The molecule has 1 heterocycles. The molecule has 0 bridgehead atoms. The first-order chi connectivity index (χ1) is 16.5. The number of thiophene rings is 1. The lowest BCUT2D eigenvalue weighted by Crippen LogP contribution is -2.37. The van der Waals surface area contributed by atoms with Crippen LogP contribution in [0.3, 0.4) is 0 Å². The van der Waals surface area contributed by atoms with E-state index in [1.54, 1.807) is 42.5 Å². The zero-order chi connectivity index (χ0) is 25.6. The number of carboxylic acid groups (broad SMARTS) is 1. The van der Waals surface area contributed by atoms with Crippen molar-refractivity contribution in [1.82, 2.24) is 4.31 Å². The first-order valence-electron chi connectivity index (χ1n) is 11.4. The first-order valence-corrected chi connectivity index (χ1v) is 13.7. The second-order valence-electron chi connectivity index (χ2n) is 8.67. The standard InChI is InChI=1S/C26H30FNO5S2/c1-4-17-28(18-7-8-19-11-13-20(14-12-19)33-26(2,3)25(29)30)35(31,32)24-16-15-23(34-24)21-9-5-6-10-22(21)27/h5-6,9-16H,4,7-8,17-18H2,1-3H3,(H,29,30). The molecule has 0 saturated heterocycles. The molecular formula is C26H30FNO5S2. The van der Waals surface area contributed by atoms with Gasteiger partial charge in [-0.25, -0.2) is 17.6 Å². The Morgan fingerprint density at radius 2 is 1.74 bits per heavy atom. The van der Waals surface area contributed by atoms with E-state index < -0.39 is 21.6 Å². The second-order valence-corrected chi connectivity index (χ2v) is 11.9. The first kappa shape index (κ1) is 26.8. The highest BCUT2D eigenvalue weighted by Gasteiger charge is 2.29. The van der Waals surface area contributed by atoms with Gasteiger partial charge < -0.3 is 9.84 Å². The molecule has 0 spiro atoms. The molecule has 1 N–H and O–H groups in total. The van der Waals surface area contributed by atoms with Crippen molar-refractivity contribution in [2.45, 2.75) is 49.8 Å². The quantitative estimate of drug-likeness (QED) is 0.326. The predicted molar refractivity (Wildman–Crippen MR) is 136 cm³/mol. The lowest BCUT2D eigenvalue weighted by Gasteiger charge is -2.22. The Bertz CT molecular complexity index is 1250. The van der Waals surface area contributed by atoms with Crippen molar-refractivity contribution >= 4 is 27.3 Å². The van der Waals surface area contributed by atoms with E-state index in [9.17, 15) is 22.7 Å². The van der Waals surface area contributed by atoms with Crippen molar-refractivity contribution in [2.75, 3.05) is 13.1 Å². The summed E-state index contributed by atoms with van der Waals surface area (Å²) in [5.74, 6) is -0.975. The molecule has 2 aromatic carbocycles. The van der Waals surface area contributed by atoms with Crippen LogP contribution in [0.2, 0.25) is 0 Å².